The molecule has 0 aromatic rings. The third-order valence-electron chi connectivity index (χ3n) is 3.34. The van der Waals surface area contributed by atoms with Gasteiger partial charge in [-0.05, 0) is 12.8 Å². The van der Waals surface area contributed by atoms with Crippen LogP contribution in [-0.2, 0) is 9.59 Å². The van der Waals surface area contributed by atoms with Crippen LogP contribution in [0.1, 0.15) is 38.5 Å². The predicted octanol–water partition coefficient (Wildman–Crippen LogP) is 1.39. The van der Waals surface area contributed by atoms with Gasteiger partial charge in [0.15, 0.2) is 0 Å². The molecule has 94 valence electrons. The van der Waals surface area contributed by atoms with E-state index in [4.69, 9.17) is 5.11 Å². The van der Waals surface area contributed by atoms with Crippen molar-refractivity contribution in [1.82, 2.24) is 4.90 Å². The van der Waals surface area contributed by atoms with Gasteiger partial charge in [0.2, 0.25) is 5.91 Å². The zero-order chi connectivity index (χ0) is 12.9. The molecule has 0 heterocycles. The van der Waals surface area contributed by atoms with E-state index < -0.39 is 11.4 Å². The number of rotatable bonds is 4. The molecular weight excluding hydrogens is 220 g/mol. The summed E-state index contributed by atoms with van der Waals surface area (Å²) >= 11 is 0. The number of carboxylic acid groups (broad SMARTS) is 1. The number of carbonyl (C=O) groups excluding carboxylic acids is 1. The van der Waals surface area contributed by atoms with E-state index in [1.54, 1.807) is 7.05 Å². The zero-order valence-electron chi connectivity index (χ0n) is 10.1. The van der Waals surface area contributed by atoms with Gasteiger partial charge in [0.05, 0.1) is 12.5 Å². The highest BCUT2D eigenvalue weighted by molar-refractivity contribution is 5.85. The summed E-state index contributed by atoms with van der Waals surface area (Å²) in [6.07, 6.45) is 3.97. The third-order valence-corrected chi connectivity index (χ3v) is 3.34. The molecule has 1 aliphatic rings. The lowest BCUT2D eigenvalue weighted by Gasteiger charge is -2.32. The first-order valence-electron chi connectivity index (χ1n) is 5.90. The highest BCUT2D eigenvalue weighted by atomic mass is 16.4. The first kappa shape index (κ1) is 13.5. The largest absolute Gasteiger partial charge is 0.481 e. The van der Waals surface area contributed by atoms with Crippen LogP contribution in [0.25, 0.3) is 0 Å². The fourth-order valence-electron chi connectivity index (χ4n) is 2.26. The Morgan fingerprint density at radius 1 is 1.35 bits per heavy atom. The minimum absolute atomic E-state index is 0.0796. The molecule has 1 rings (SSSR count). The maximum absolute atomic E-state index is 12.2. The standard InChI is InChI=1S/C12H18N2O3/c1-14(8-5-10(15)16)11(17)12(9-13)6-3-2-4-7-12/h2-8H2,1H3,(H,15,16). The number of amides is 1. The van der Waals surface area contributed by atoms with Crippen LogP contribution in [0.2, 0.25) is 0 Å². The Bertz CT molecular complexity index is 340. The van der Waals surface area contributed by atoms with E-state index in [2.05, 4.69) is 6.07 Å². The fraction of sp³-hybridized carbons (Fsp3) is 0.750. The van der Waals surface area contributed by atoms with Crippen LogP contribution < -0.4 is 0 Å². The van der Waals surface area contributed by atoms with Crippen LogP contribution in [0.3, 0.4) is 0 Å². The van der Waals surface area contributed by atoms with Crippen molar-refractivity contribution < 1.29 is 14.7 Å². The molecule has 1 amide bonds. The Morgan fingerprint density at radius 3 is 2.41 bits per heavy atom. The molecule has 0 unspecified atom stereocenters. The summed E-state index contributed by atoms with van der Waals surface area (Å²) in [7, 11) is 1.57. The molecule has 1 saturated carbocycles. The van der Waals surface area contributed by atoms with Crippen LogP contribution in [0.15, 0.2) is 0 Å². The molecule has 0 saturated heterocycles. The molecule has 0 bridgehead atoms. The Hall–Kier alpha value is -1.57. The number of nitrogens with zero attached hydrogens (tertiary/aromatic N) is 2. The second kappa shape index (κ2) is 5.67. The van der Waals surface area contributed by atoms with Crippen molar-refractivity contribution in [2.75, 3.05) is 13.6 Å². The van der Waals surface area contributed by atoms with Crippen molar-refractivity contribution in [2.45, 2.75) is 38.5 Å². The fourth-order valence-corrected chi connectivity index (χ4v) is 2.26. The second-order valence-electron chi connectivity index (χ2n) is 4.63. The maximum atomic E-state index is 12.2. The highest BCUT2D eigenvalue weighted by Gasteiger charge is 2.41. The number of hydrogen-bond acceptors (Lipinski definition) is 3. The number of aliphatic carboxylic acids is 1. The molecule has 5 heteroatoms. The Kier molecular flexibility index (Phi) is 4.50. The monoisotopic (exact) mass is 238 g/mol. The minimum atomic E-state index is -0.931. The number of carbonyl (C=O) groups is 2. The Morgan fingerprint density at radius 2 is 1.94 bits per heavy atom. The molecule has 0 aromatic carbocycles. The van der Waals surface area contributed by atoms with Gasteiger partial charge in [0.1, 0.15) is 5.41 Å². The first-order chi connectivity index (χ1) is 8.02. The summed E-state index contributed by atoms with van der Waals surface area (Å²) in [6.45, 7) is 0.164. The first-order valence-corrected chi connectivity index (χ1v) is 5.90. The predicted molar refractivity (Wildman–Crippen MR) is 61.0 cm³/mol. The number of carboxylic acids is 1. The lowest BCUT2D eigenvalue weighted by Crippen LogP contribution is -2.43. The summed E-state index contributed by atoms with van der Waals surface area (Å²) in [6, 6.07) is 2.15. The molecular formula is C12H18N2O3. The average molecular weight is 238 g/mol. The van der Waals surface area contributed by atoms with Crippen molar-refractivity contribution in [3.8, 4) is 6.07 Å². The lowest BCUT2D eigenvalue weighted by molar-refractivity contribution is -0.141. The van der Waals surface area contributed by atoms with Gasteiger partial charge in [0.25, 0.3) is 0 Å². The van der Waals surface area contributed by atoms with Crippen LogP contribution in [0.5, 0.6) is 0 Å². The van der Waals surface area contributed by atoms with E-state index in [9.17, 15) is 14.9 Å². The van der Waals surface area contributed by atoms with Gasteiger partial charge in [-0.25, -0.2) is 0 Å². The molecule has 1 N–H and O–H groups in total. The molecule has 1 fully saturated rings. The van der Waals surface area contributed by atoms with E-state index >= 15 is 0 Å². The van der Waals surface area contributed by atoms with Crippen molar-refractivity contribution >= 4 is 11.9 Å². The molecule has 0 aliphatic heterocycles. The summed E-state index contributed by atoms with van der Waals surface area (Å²) < 4.78 is 0. The lowest BCUT2D eigenvalue weighted by atomic mass is 9.74. The van der Waals surface area contributed by atoms with Crippen LogP contribution in [0.4, 0.5) is 0 Å². The van der Waals surface area contributed by atoms with Crippen LogP contribution in [-0.4, -0.2) is 35.5 Å². The van der Waals surface area contributed by atoms with E-state index in [-0.39, 0.29) is 18.9 Å². The minimum Gasteiger partial charge on any atom is -0.481 e. The van der Waals surface area contributed by atoms with E-state index in [0.29, 0.717) is 12.8 Å². The van der Waals surface area contributed by atoms with Gasteiger partial charge in [0, 0.05) is 13.6 Å². The SMILES string of the molecule is CN(CCC(=O)O)C(=O)C1(C#N)CCCCC1. The molecule has 0 aromatic heterocycles. The molecule has 0 spiro atoms. The van der Waals surface area contributed by atoms with Crippen molar-refractivity contribution in [3.63, 3.8) is 0 Å². The normalized spacial score (nSPS) is 18.1. The summed E-state index contributed by atoms with van der Waals surface area (Å²) in [5.74, 6) is -1.15. The van der Waals surface area contributed by atoms with Crippen LogP contribution in [0, 0.1) is 16.7 Å². The van der Waals surface area contributed by atoms with Crippen LogP contribution >= 0.6 is 0 Å². The quantitative estimate of drug-likeness (QED) is 0.802. The maximum Gasteiger partial charge on any atom is 0.305 e. The van der Waals surface area contributed by atoms with Crippen molar-refractivity contribution in [3.05, 3.63) is 0 Å². The molecule has 0 radical (unpaired) electrons. The van der Waals surface area contributed by atoms with Gasteiger partial charge in [-0.3, -0.25) is 9.59 Å². The molecule has 17 heavy (non-hydrogen) atoms. The van der Waals surface area contributed by atoms with Gasteiger partial charge in [-0.1, -0.05) is 19.3 Å². The van der Waals surface area contributed by atoms with Gasteiger partial charge < -0.3 is 10.0 Å². The summed E-state index contributed by atoms with van der Waals surface area (Å²) in [4.78, 5) is 24.0. The zero-order valence-corrected chi connectivity index (χ0v) is 10.1. The van der Waals surface area contributed by atoms with E-state index in [1.807, 2.05) is 0 Å². The van der Waals surface area contributed by atoms with E-state index in [1.165, 1.54) is 4.90 Å². The third kappa shape index (κ3) is 3.19. The average Bonchev–Trinajstić information content (AvgIpc) is 2.35. The van der Waals surface area contributed by atoms with Gasteiger partial charge in [-0.2, -0.15) is 5.26 Å². The van der Waals surface area contributed by atoms with Crippen molar-refractivity contribution in [1.29, 1.82) is 5.26 Å². The van der Waals surface area contributed by atoms with E-state index in [0.717, 1.165) is 19.3 Å². The Labute approximate surface area is 101 Å². The summed E-state index contributed by atoms with van der Waals surface area (Å²) in [5, 5.41) is 17.8. The number of nitriles is 1. The number of hydrogen-bond donors (Lipinski definition) is 1. The molecule has 1 aliphatic carbocycles. The summed E-state index contributed by atoms with van der Waals surface area (Å²) in [5.41, 5.74) is -0.911. The second-order valence-corrected chi connectivity index (χ2v) is 4.63. The smallest absolute Gasteiger partial charge is 0.305 e. The Balaban J connectivity index is 2.65. The van der Waals surface area contributed by atoms with Gasteiger partial charge in [-0.15, -0.1) is 0 Å². The molecule has 0 atom stereocenters. The highest BCUT2D eigenvalue weighted by Crippen LogP contribution is 2.37. The molecule has 5 nitrogen and oxygen atoms in total. The topological polar surface area (TPSA) is 81.4 Å². The van der Waals surface area contributed by atoms with Crippen molar-refractivity contribution in [2.24, 2.45) is 5.41 Å². The van der Waals surface area contributed by atoms with Gasteiger partial charge >= 0.3 is 5.97 Å².